The molecule has 2 rings (SSSR count). The van der Waals surface area contributed by atoms with Crippen molar-refractivity contribution < 1.29 is 5.11 Å². The lowest BCUT2D eigenvalue weighted by Gasteiger charge is -2.15. The monoisotopic (exact) mass is 244 g/mol. The van der Waals surface area contributed by atoms with Gasteiger partial charge in [-0.2, -0.15) is 0 Å². The highest BCUT2D eigenvalue weighted by atomic mass is 31.0. The molecule has 0 aliphatic heterocycles. The number of hydrogen-bond donors (Lipinski definition) is 1. The molecule has 0 heterocycles. The Kier molecular flexibility index (Phi) is 3.93. The minimum Gasteiger partial charge on any atom is -0.396 e. The quantitative estimate of drug-likeness (QED) is 0.823. The molecule has 0 bridgehead atoms. The molecular formula is C15H17OP. The highest BCUT2D eigenvalue weighted by molar-refractivity contribution is 7.28. The molecule has 2 unspecified atom stereocenters. The van der Waals surface area contributed by atoms with Crippen LogP contribution in [0.15, 0.2) is 48.5 Å². The summed E-state index contributed by atoms with van der Waals surface area (Å²) >= 11 is 0. The predicted molar refractivity (Wildman–Crippen MR) is 76.7 cm³/mol. The van der Waals surface area contributed by atoms with E-state index in [1.54, 1.807) is 0 Å². The van der Waals surface area contributed by atoms with Gasteiger partial charge in [-0.05, 0) is 22.0 Å². The van der Waals surface area contributed by atoms with Crippen molar-refractivity contribution in [3.05, 3.63) is 54.1 Å². The summed E-state index contributed by atoms with van der Waals surface area (Å²) in [5.74, 6) is 0.163. The van der Waals surface area contributed by atoms with E-state index < -0.39 is 0 Å². The molecule has 0 amide bonds. The molecule has 17 heavy (non-hydrogen) atoms. The SMILES string of the molecule is CC(CO)c1ccccc1-c1ccccc1P. The van der Waals surface area contributed by atoms with Gasteiger partial charge in [0.1, 0.15) is 0 Å². The van der Waals surface area contributed by atoms with Crippen LogP contribution < -0.4 is 5.30 Å². The molecule has 0 saturated carbocycles. The van der Waals surface area contributed by atoms with Gasteiger partial charge in [0.05, 0.1) is 0 Å². The fourth-order valence-corrected chi connectivity index (χ4v) is 2.38. The lowest BCUT2D eigenvalue weighted by atomic mass is 9.92. The van der Waals surface area contributed by atoms with Crippen molar-refractivity contribution >= 4 is 14.5 Å². The van der Waals surface area contributed by atoms with Crippen LogP contribution in [-0.4, -0.2) is 11.7 Å². The van der Waals surface area contributed by atoms with E-state index in [1.165, 1.54) is 22.0 Å². The van der Waals surface area contributed by atoms with Gasteiger partial charge in [-0.1, -0.05) is 55.5 Å². The maximum atomic E-state index is 9.32. The molecule has 0 spiro atoms. The van der Waals surface area contributed by atoms with Crippen LogP contribution in [-0.2, 0) is 0 Å². The Bertz CT molecular complexity index is 508. The molecule has 0 aliphatic rings. The molecule has 2 heteroatoms. The molecule has 0 fully saturated rings. The van der Waals surface area contributed by atoms with E-state index in [0.29, 0.717) is 0 Å². The first kappa shape index (κ1) is 12.3. The lowest BCUT2D eigenvalue weighted by molar-refractivity contribution is 0.273. The molecule has 2 aromatic carbocycles. The van der Waals surface area contributed by atoms with Gasteiger partial charge in [0.25, 0.3) is 0 Å². The van der Waals surface area contributed by atoms with Crippen molar-refractivity contribution in [2.24, 2.45) is 0 Å². The van der Waals surface area contributed by atoms with Crippen LogP contribution in [0.5, 0.6) is 0 Å². The van der Waals surface area contributed by atoms with Crippen LogP contribution in [0.2, 0.25) is 0 Å². The Labute approximate surface area is 105 Å². The van der Waals surface area contributed by atoms with Crippen molar-refractivity contribution in [2.75, 3.05) is 6.61 Å². The van der Waals surface area contributed by atoms with Crippen LogP contribution in [0, 0.1) is 0 Å². The summed E-state index contributed by atoms with van der Waals surface area (Å²) in [4.78, 5) is 0. The van der Waals surface area contributed by atoms with E-state index >= 15 is 0 Å². The van der Waals surface area contributed by atoms with Gasteiger partial charge >= 0.3 is 0 Å². The Morgan fingerprint density at radius 2 is 1.59 bits per heavy atom. The van der Waals surface area contributed by atoms with E-state index in [0.717, 1.165) is 0 Å². The summed E-state index contributed by atoms with van der Waals surface area (Å²) < 4.78 is 0. The molecule has 88 valence electrons. The zero-order valence-electron chi connectivity index (χ0n) is 9.93. The average molecular weight is 244 g/mol. The zero-order valence-corrected chi connectivity index (χ0v) is 11.1. The van der Waals surface area contributed by atoms with Crippen LogP contribution in [0.4, 0.5) is 0 Å². The van der Waals surface area contributed by atoms with Gasteiger partial charge in [0.2, 0.25) is 0 Å². The van der Waals surface area contributed by atoms with Crippen LogP contribution >= 0.6 is 9.24 Å². The largest absolute Gasteiger partial charge is 0.396 e. The van der Waals surface area contributed by atoms with E-state index in [1.807, 2.05) is 31.2 Å². The molecule has 2 atom stereocenters. The van der Waals surface area contributed by atoms with Crippen LogP contribution in [0.1, 0.15) is 18.4 Å². The predicted octanol–water partition coefficient (Wildman–Crippen LogP) is 2.95. The third-order valence-electron chi connectivity index (χ3n) is 3.02. The fourth-order valence-electron chi connectivity index (χ4n) is 2.01. The topological polar surface area (TPSA) is 20.2 Å². The third kappa shape index (κ3) is 2.57. The minimum atomic E-state index is 0.163. The molecule has 1 nitrogen and oxygen atoms in total. The molecule has 0 aromatic heterocycles. The van der Waals surface area contributed by atoms with Crippen molar-refractivity contribution in [1.29, 1.82) is 0 Å². The van der Waals surface area contributed by atoms with E-state index in [-0.39, 0.29) is 12.5 Å². The number of benzene rings is 2. The standard InChI is InChI=1S/C15H17OP/c1-11(10-16)12-6-2-3-7-13(12)14-8-4-5-9-15(14)17/h2-9,11,16H,10,17H2,1H3. The van der Waals surface area contributed by atoms with Gasteiger partial charge in [-0.25, -0.2) is 0 Å². The van der Waals surface area contributed by atoms with Gasteiger partial charge in [0, 0.05) is 12.5 Å². The van der Waals surface area contributed by atoms with Crippen molar-refractivity contribution in [2.45, 2.75) is 12.8 Å². The third-order valence-corrected chi connectivity index (χ3v) is 3.52. The molecule has 1 N–H and O–H groups in total. The minimum absolute atomic E-state index is 0.163. The van der Waals surface area contributed by atoms with Gasteiger partial charge in [-0.15, -0.1) is 9.24 Å². The molecular weight excluding hydrogens is 227 g/mol. The summed E-state index contributed by atoms with van der Waals surface area (Å²) in [5, 5.41) is 10.5. The van der Waals surface area contributed by atoms with E-state index in [4.69, 9.17) is 0 Å². The Hall–Kier alpha value is -1.17. The molecule has 0 radical (unpaired) electrons. The first-order valence-electron chi connectivity index (χ1n) is 5.78. The first-order valence-corrected chi connectivity index (χ1v) is 6.36. The molecule has 2 aromatic rings. The van der Waals surface area contributed by atoms with Crippen LogP contribution in [0.25, 0.3) is 11.1 Å². The maximum absolute atomic E-state index is 9.32. The van der Waals surface area contributed by atoms with Crippen molar-refractivity contribution in [3.8, 4) is 11.1 Å². The van der Waals surface area contributed by atoms with E-state index in [9.17, 15) is 5.11 Å². The average Bonchev–Trinajstić information content (AvgIpc) is 2.38. The summed E-state index contributed by atoms with van der Waals surface area (Å²) in [6.07, 6.45) is 0. The summed E-state index contributed by atoms with van der Waals surface area (Å²) in [6.45, 7) is 2.22. The summed E-state index contributed by atoms with van der Waals surface area (Å²) in [5.41, 5.74) is 3.62. The second-order valence-corrected chi connectivity index (χ2v) is 4.88. The summed E-state index contributed by atoms with van der Waals surface area (Å²) in [7, 11) is 2.77. The normalized spacial score (nSPS) is 12.4. The maximum Gasteiger partial charge on any atom is 0.0497 e. The Morgan fingerprint density at radius 1 is 1.00 bits per heavy atom. The van der Waals surface area contributed by atoms with Crippen molar-refractivity contribution in [3.63, 3.8) is 0 Å². The highest BCUT2D eigenvalue weighted by Crippen LogP contribution is 2.28. The highest BCUT2D eigenvalue weighted by Gasteiger charge is 2.11. The lowest BCUT2D eigenvalue weighted by Crippen LogP contribution is -2.04. The first-order chi connectivity index (χ1) is 8.24. The zero-order chi connectivity index (χ0) is 12.3. The Balaban J connectivity index is 2.56. The second-order valence-electron chi connectivity index (χ2n) is 4.26. The fraction of sp³-hybridized carbons (Fsp3) is 0.200. The van der Waals surface area contributed by atoms with Gasteiger partial charge in [0.15, 0.2) is 0 Å². The number of aliphatic hydroxyl groups excluding tert-OH is 1. The number of hydrogen-bond acceptors (Lipinski definition) is 1. The van der Waals surface area contributed by atoms with E-state index in [2.05, 4.69) is 33.5 Å². The number of rotatable bonds is 3. The smallest absolute Gasteiger partial charge is 0.0497 e. The van der Waals surface area contributed by atoms with Crippen molar-refractivity contribution in [1.82, 2.24) is 0 Å². The molecule has 0 aliphatic carbocycles. The number of aliphatic hydroxyl groups is 1. The Morgan fingerprint density at radius 3 is 2.24 bits per heavy atom. The van der Waals surface area contributed by atoms with Crippen LogP contribution in [0.3, 0.4) is 0 Å². The second kappa shape index (κ2) is 5.44. The van der Waals surface area contributed by atoms with Gasteiger partial charge < -0.3 is 5.11 Å². The van der Waals surface area contributed by atoms with Gasteiger partial charge in [-0.3, -0.25) is 0 Å². The summed E-state index contributed by atoms with van der Waals surface area (Å²) in [6, 6.07) is 16.5. The molecule has 0 saturated heterocycles.